The highest BCUT2D eigenvalue weighted by Crippen LogP contribution is 2.38. The van der Waals surface area contributed by atoms with E-state index < -0.39 is 29.2 Å². The van der Waals surface area contributed by atoms with Gasteiger partial charge in [-0.15, -0.1) is 9.40 Å². The minimum Gasteiger partial charge on any atom is -0.598 e. The van der Waals surface area contributed by atoms with E-state index in [1.807, 2.05) is 15.3 Å². The Balaban J connectivity index is 1.53. The minimum absolute atomic E-state index is 0.153. The van der Waals surface area contributed by atoms with Gasteiger partial charge in [0.2, 0.25) is 0 Å². The van der Waals surface area contributed by atoms with E-state index in [4.69, 9.17) is 4.74 Å². The van der Waals surface area contributed by atoms with Crippen LogP contribution in [0.2, 0.25) is 0 Å². The average Bonchev–Trinajstić information content (AvgIpc) is 3.35. The number of amides is 1. The number of nitrogens with zero attached hydrogens (tertiary/aromatic N) is 7. The molecule has 0 radical (unpaired) electrons. The highest BCUT2D eigenvalue weighted by molar-refractivity contribution is 7.88. The quantitative estimate of drug-likeness (QED) is 0.433. The second-order valence-corrected chi connectivity index (χ2v) is 10.8. The van der Waals surface area contributed by atoms with Gasteiger partial charge < -0.3 is 18.9 Å². The lowest BCUT2D eigenvalue weighted by Crippen LogP contribution is -2.47. The highest BCUT2D eigenvalue weighted by Gasteiger charge is 2.36. The number of carbonyl (C=O) groups excluding carboxylic acids is 1. The first-order valence-electron chi connectivity index (χ1n) is 12.6. The lowest BCUT2D eigenvalue weighted by atomic mass is 10.1. The molecule has 3 aromatic heterocycles. The SMILES string of the molecule is COC(=O)Nc1cc(C(F)(F)F)c(-c2nc(N3CCOCC3)c3cc(CN4CCN([S+](C)[O-])CC4)cn3n2)cn1. The van der Waals surface area contributed by atoms with Crippen molar-refractivity contribution in [2.24, 2.45) is 0 Å². The molecule has 1 unspecified atom stereocenters. The van der Waals surface area contributed by atoms with Crippen molar-refractivity contribution in [1.82, 2.24) is 28.8 Å². The summed E-state index contributed by atoms with van der Waals surface area (Å²) in [5.74, 6) is 0.0305. The Kier molecular flexibility index (Phi) is 8.32. The molecule has 16 heteroatoms. The van der Waals surface area contributed by atoms with E-state index in [0.717, 1.165) is 38.0 Å². The van der Waals surface area contributed by atoms with Gasteiger partial charge in [-0.1, -0.05) is 0 Å². The summed E-state index contributed by atoms with van der Waals surface area (Å²) in [5, 5.41) is 6.62. The number of nitrogens with one attached hydrogen (secondary N) is 1. The summed E-state index contributed by atoms with van der Waals surface area (Å²) < 4.78 is 67.6. The number of rotatable bonds is 6. The number of halogens is 3. The maximum absolute atomic E-state index is 14.2. The summed E-state index contributed by atoms with van der Waals surface area (Å²) in [7, 11) is 1.10. The molecule has 5 rings (SSSR count). The molecule has 2 fully saturated rings. The van der Waals surface area contributed by atoms with Crippen LogP contribution in [0.15, 0.2) is 24.5 Å². The maximum atomic E-state index is 14.2. The fourth-order valence-corrected chi connectivity index (χ4v) is 5.42. The highest BCUT2D eigenvalue weighted by atomic mass is 32.2. The van der Waals surface area contributed by atoms with Crippen LogP contribution in [0.4, 0.5) is 29.6 Å². The number of morpholine rings is 1. The normalized spacial score (nSPS) is 18.2. The number of hydrogen-bond donors (Lipinski definition) is 1. The van der Waals surface area contributed by atoms with Crippen molar-refractivity contribution in [2.75, 3.05) is 76.1 Å². The molecule has 1 N–H and O–H groups in total. The van der Waals surface area contributed by atoms with Gasteiger partial charge in [0.05, 0.1) is 44.5 Å². The summed E-state index contributed by atoms with van der Waals surface area (Å²) in [4.78, 5) is 24.3. The summed E-state index contributed by atoms with van der Waals surface area (Å²) in [6.07, 6.45) is -1.25. The lowest BCUT2D eigenvalue weighted by Gasteiger charge is -2.33. The number of alkyl halides is 3. The van der Waals surface area contributed by atoms with Crippen molar-refractivity contribution in [1.29, 1.82) is 0 Å². The van der Waals surface area contributed by atoms with E-state index in [-0.39, 0.29) is 17.2 Å². The Hall–Kier alpha value is -3.18. The molecule has 12 nitrogen and oxygen atoms in total. The van der Waals surface area contributed by atoms with Crippen molar-refractivity contribution < 1.29 is 32.0 Å². The molecule has 3 aromatic rings. The second-order valence-electron chi connectivity index (χ2n) is 9.40. The molecule has 1 atom stereocenters. The Labute approximate surface area is 231 Å². The van der Waals surface area contributed by atoms with Crippen molar-refractivity contribution in [3.8, 4) is 11.4 Å². The fraction of sp³-hybridized carbons (Fsp3) is 0.500. The number of anilines is 2. The monoisotopic (exact) mass is 582 g/mol. The average molecular weight is 583 g/mol. The molecule has 40 heavy (non-hydrogen) atoms. The number of methoxy groups -OCH3 is 1. The lowest BCUT2D eigenvalue weighted by molar-refractivity contribution is -0.137. The summed E-state index contributed by atoms with van der Waals surface area (Å²) in [6.45, 7) is 5.44. The van der Waals surface area contributed by atoms with Crippen LogP contribution in [0.25, 0.3) is 16.9 Å². The summed E-state index contributed by atoms with van der Waals surface area (Å²) >= 11 is -1.01. The topological polar surface area (TPSA) is 123 Å². The number of carbonyl (C=O) groups is 1. The van der Waals surface area contributed by atoms with Gasteiger partial charge in [0.25, 0.3) is 0 Å². The van der Waals surface area contributed by atoms with Crippen LogP contribution in [-0.2, 0) is 33.6 Å². The van der Waals surface area contributed by atoms with Crippen LogP contribution in [0, 0.1) is 0 Å². The fourth-order valence-electron chi connectivity index (χ4n) is 4.74. The Morgan fingerprint density at radius 2 is 1.90 bits per heavy atom. The number of pyridine rings is 1. The van der Waals surface area contributed by atoms with Gasteiger partial charge in [0.15, 0.2) is 11.6 Å². The molecular weight excluding hydrogens is 553 g/mol. The summed E-state index contributed by atoms with van der Waals surface area (Å²) in [5.41, 5.74) is 0.233. The molecule has 216 valence electrons. The number of piperazine rings is 1. The molecule has 2 saturated heterocycles. The number of ether oxygens (including phenoxy) is 2. The van der Waals surface area contributed by atoms with Gasteiger partial charge >= 0.3 is 12.3 Å². The third-order valence-electron chi connectivity index (χ3n) is 6.78. The number of aromatic nitrogens is 4. The molecule has 0 spiro atoms. The molecule has 2 aliphatic rings. The van der Waals surface area contributed by atoms with E-state index in [0.29, 0.717) is 57.3 Å². The van der Waals surface area contributed by atoms with Crippen LogP contribution < -0.4 is 10.2 Å². The van der Waals surface area contributed by atoms with Crippen LogP contribution in [0.3, 0.4) is 0 Å². The number of hydrogen-bond acceptors (Lipinski definition) is 10. The Morgan fingerprint density at radius 3 is 2.55 bits per heavy atom. The molecule has 2 aliphatic heterocycles. The van der Waals surface area contributed by atoms with E-state index >= 15 is 0 Å². The van der Waals surface area contributed by atoms with E-state index in [1.54, 1.807) is 17.0 Å². The van der Waals surface area contributed by atoms with Gasteiger partial charge in [-0.05, 0) is 17.7 Å². The minimum atomic E-state index is -4.77. The van der Waals surface area contributed by atoms with Crippen LogP contribution in [0.5, 0.6) is 0 Å². The molecule has 0 bridgehead atoms. The summed E-state index contributed by atoms with van der Waals surface area (Å²) in [6, 6.07) is 2.68. The van der Waals surface area contributed by atoms with Gasteiger partial charge in [-0.2, -0.15) is 13.2 Å². The molecule has 1 amide bonds. The van der Waals surface area contributed by atoms with E-state index in [1.165, 1.54) is 0 Å². The van der Waals surface area contributed by atoms with Crippen molar-refractivity contribution in [3.05, 3.63) is 35.7 Å². The molecule has 5 heterocycles. The molecule has 0 aromatic carbocycles. The Bertz CT molecular complexity index is 1360. The zero-order chi connectivity index (χ0) is 28.4. The smallest absolute Gasteiger partial charge is 0.417 e. The largest absolute Gasteiger partial charge is 0.598 e. The van der Waals surface area contributed by atoms with Gasteiger partial charge in [0.1, 0.15) is 17.6 Å². The predicted molar refractivity (Wildman–Crippen MR) is 141 cm³/mol. The molecule has 0 aliphatic carbocycles. The van der Waals surface area contributed by atoms with Gasteiger partial charge in [0, 0.05) is 56.5 Å². The van der Waals surface area contributed by atoms with Gasteiger partial charge in [-0.25, -0.2) is 19.3 Å². The van der Waals surface area contributed by atoms with Crippen LogP contribution in [0.1, 0.15) is 11.1 Å². The maximum Gasteiger partial charge on any atom is 0.417 e. The zero-order valence-corrected chi connectivity index (χ0v) is 22.8. The third-order valence-corrected chi connectivity index (χ3v) is 7.87. The van der Waals surface area contributed by atoms with Crippen LogP contribution >= 0.6 is 0 Å². The van der Waals surface area contributed by atoms with Crippen molar-refractivity contribution in [2.45, 2.75) is 12.7 Å². The van der Waals surface area contributed by atoms with E-state index in [2.05, 4.69) is 30.0 Å². The van der Waals surface area contributed by atoms with Crippen molar-refractivity contribution in [3.63, 3.8) is 0 Å². The first-order valence-corrected chi connectivity index (χ1v) is 14.1. The molecule has 0 saturated carbocycles. The van der Waals surface area contributed by atoms with Crippen LogP contribution in [-0.4, -0.2) is 105 Å². The zero-order valence-electron chi connectivity index (χ0n) is 22.0. The standard InChI is InChI=1S/C24H29F3N8O4S/c1-38-23(36)29-20-12-18(24(25,26)27)17(13-28-20)21-30-22(33-7-9-39-10-8-33)19-11-16(15-35(19)31-21)14-32-3-5-34(6-4-32)40(2)37/h11-13,15H,3-10,14H2,1-2H3,(H,28,29,36). The predicted octanol–water partition coefficient (Wildman–Crippen LogP) is 2.24. The molecular formula is C24H29F3N8O4S. The van der Waals surface area contributed by atoms with Gasteiger partial charge in [-0.3, -0.25) is 10.2 Å². The third kappa shape index (κ3) is 6.25. The number of fused-ring (bicyclic) bond motifs is 1. The second kappa shape index (κ2) is 11.7. The van der Waals surface area contributed by atoms with E-state index in [9.17, 15) is 22.5 Å². The van der Waals surface area contributed by atoms with Crippen molar-refractivity contribution >= 4 is 34.6 Å². The first kappa shape index (κ1) is 28.4. The first-order chi connectivity index (χ1) is 19.1. The Morgan fingerprint density at radius 1 is 1.18 bits per heavy atom.